The van der Waals surface area contributed by atoms with E-state index in [1.807, 2.05) is 31.2 Å². The number of thiophene rings is 2. The van der Waals surface area contributed by atoms with Crippen LogP contribution in [0.2, 0.25) is 0 Å². The van der Waals surface area contributed by atoms with Crippen LogP contribution in [0.3, 0.4) is 0 Å². The molecule has 0 spiro atoms. The molecular weight excluding hydrogens is 418 g/mol. The molecule has 158 valence electrons. The summed E-state index contributed by atoms with van der Waals surface area (Å²) < 4.78 is 11.4. The number of anilines is 2. The largest absolute Gasteiger partial charge is 0.479 e. The van der Waals surface area contributed by atoms with Crippen molar-refractivity contribution in [2.24, 2.45) is 0 Å². The number of fused-ring (bicyclic) bond motifs is 2. The quantitative estimate of drug-likeness (QED) is 0.410. The van der Waals surface area contributed by atoms with Crippen LogP contribution in [-0.4, -0.2) is 30.3 Å². The van der Waals surface area contributed by atoms with E-state index >= 15 is 0 Å². The third-order valence-corrected chi connectivity index (χ3v) is 6.85. The fraction of sp³-hybridized carbons (Fsp3) is 0.348. The number of hydrogen-bond acceptors (Lipinski definition) is 6. The van der Waals surface area contributed by atoms with Gasteiger partial charge >= 0.3 is 5.97 Å². The van der Waals surface area contributed by atoms with Crippen molar-refractivity contribution < 1.29 is 19.4 Å². The van der Waals surface area contributed by atoms with Crippen molar-refractivity contribution in [1.82, 2.24) is 0 Å². The smallest absolute Gasteiger partial charge is 0.333 e. The van der Waals surface area contributed by atoms with Crippen molar-refractivity contribution >= 4 is 38.6 Å². The van der Waals surface area contributed by atoms with Gasteiger partial charge in [0.2, 0.25) is 0 Å². The number of aryl methyl sites for hydroxylation is 1. The maximum atomic E-state index is 11.4. The fourth-order valence-electron chi connectivity index (χ4n) is 3.52. The number of rotatable bonds is 10. The average Bonchev–Trinajstić information content (AvgIpc) is 3.40. The molecule has 5 nitrogen and oxygen atoms in total. The Hall–Kier alpha value is -2.35. The van der Waals surface area contributed by atoms with E-state index in [0.717, 1.165) is 42.9 Å². The van der Waals surface area contributed by atoms with E-state index in [9.17, 15) is 9.90 Å². The number of ether oxygens (including phenoxy) is 2. The van der Waals surface area contributed by atoms with E-state index in [2.05, 4.69) is 27.8 Å². The van der Waals surface area contributed by atoms with E-state index < -0.39 is 12.1 Å². The Labute approximate surface area is 184 Å². The first-order valence-corrected chi connectivity index (χ1v) is 11.9. The second-order valence-corrected chi connectivity index (χ2v) is 9.04. The monoisotopic (exact) mass is 443 g/mol. The van der Waals surface area contributed by atoms with Crippen LogP contribution in [0.5, 0.6) is 11.5 Å². The third kappa shape index (κ3) is 4.69. The van der Waals surface area contributed by atoms with Crippen molar-refractivity contribution in [3.8, 4) is 11.5 Å². The summed E-state index contributed by atoms with van der Waals surface area (Å²) in [6.45, 7) is 3.37. The van der Waals surface area contributed by atoms with Gasteiger partial charge in [-0.3, -0.25) is 0 Å². The molecule has 1 N–H and O–H groups in total. The second-order valence-electron chi connectivity index (χ2n) is 7.26. The highest BCUT2D eigenvalue weighted by Crippen LogP contribution is 2.51. The molecule has 0 saturated carbocycles. The van der Waals surface area contributed by atoms with E-state index in [1.54, 1.807) is 22.7 Å². The van der Waals surface area contributed by atoms with Crippen molar-refractivity contribution in [3.63, 3.8) is 0 Å². The minimum atomic E-state index is -0.904. The molecule has 1 aliphatic rings. The lowest BCUT2D eigenvalue weighted by molar-refractivity contribution is -0.150. The minimum absolute atomic E-state index is 0.395. The van der Waals surface area contributed by atoms with E-state index in [4.69, 9.17) is 9.47 Å². The molecule has 0 bridgehead atoms. The van der Waals surface area contributed by atoms with E-state index in [-0.39, 0.29) is 0 Å². The molecule has 0 fully saturated rings. The second kappa shape index (κ2) is 9.64. The summed E-state index contributed by atoms with van der Waals surface area (Å²) in [6, 6.07) is 12.3. The molecule has 1 aliphatic heterocycles. The number of hydrogen-bond donors (Lipinski definition) is 1. The lowest BCUT2D eigenvalue weighted by atomic mass is 10.0. The van der Waals surface area contributed by atoms with Crippen LogP contribution in [0.4, 0.5) is 10.0 Å². The van der Waals surface area contributed by atoms with Crippen LogP contribution in [-0.2, 0) is 22.4 Å². The first-order chi connectivity index (χ1) is 14.7. The van der Waals surface area contributed by atoms with Gasteiger partial charge in [0, 0.05) is 19.6 Å². The Bertz CT molecular complexity index is 939. The third-order valence-electron chi connectivity index (χ3n) is 5.02. The van der Waals surface area contributed by atoms with Crippen LogP contribution < -0.4 is 9.64 Å². The molecular formula is C23H25NO4S2. The van der Waals surface area contributed by atoms with Gasteiger partial charge in [-0.1, -0.05) is 31.2 Å². The van der Waals surface area contributed by atoms with Crippen LogP contribution >= 0.6 is 22.7 Å². The molecule has 0 amide bonds. The molecule has 30 heavy (non-hydrogen) atoms. The fourth-order valence-corrected chi connectivity index (χ4v) is 5.29. The van der Waals surface area contributed by atoms with Crippen LogP contribution in [0, 0.1) is 0 Å². The van der Waals surface area contributed by atoms with Crippen LogP contribution in [0.25, 0.3) is 0 Å². The van der Waals surface area contributed by atoms with Gasteiger partial charge in [-0.15, -0.1) is 22.7 Å². The molecule has 1 aromatic carbocycles. The predicted molar refractivity (Wildman–Crippen MR) is 122 cm³/mol. The standard InChI is InChI=1S/C23H25NO4S2/c1-2-12-27-20(23(25)26)15-17-7-5-16(6-8-17)4-3-11-24-21-18(9-13-29-21)28-19-10-14-30-22(19)24/h5-10,13-14,20H,2-4,11-12,15H2,1H3,(H,25,26). The maximum Gasteiger partial charge on any atom is 0.333 e. The van der Waals surface area contributed by atoms with Crippen LogP contribution in [0.15, 0.2) is 47.2 Å². The summed E-state index contributed by atoms with van der Waals surface area (Å²) in [5.74, 6) is 0.973. The minimum Gasteiger partial charge on any atom is -0.479 e. The summed E-state index contributed by atoms with van der Waals surface area (Å²) in [5, 5.41) is 15.8. The highest BCUT2D eigenvalue weighted by atomic mass is 32.1. The molecule has 3 aromatic rings. The van der Waals surface area contributed by atoms with Gasteiger partial charge < -0.3 is 19.5 Å². The Morgan fingerprint density at radius 1 is 1.07 bits per heavy atom. The molecule has 0 aliphatic carbocycles. The Morgan fingerprint density at radius 2 is 1.70 bits per heavy atom. The predicted octanol–water partition coefficient (Wildman–Crippen LogP) is 6.11. The Morgan fingerprint density at radius 3 is 2.30 bits per heavy atom. The van der Waals surface area contributed by atoms with Gasteiger partial charge in [0.15, 0.2) is 17.6 Å². The van der Waals surface area contributed by atoms with E-state index in [1.165, 1.54) is 15.6 Å². The van der Waals surface area contributed by atoms with Crippen molar-refractivity contribution in [3.05, 3.63) is 58.3 Å². The molecule has 3 heterocycles. The molecule has 1 atom stereocenters. The molecule has 0 saturated heterocycles. The Balaban J connectivity index is 1.33. The SMILES string of the molecule is CCCOC(Cc1ccc(CCCN2c3sccc3Oc3ccsc32)cc1)C(=O)O. The lowest BCUT2D eigenvalue weighted by Crippen LogP contribution is -2.26. The average molecular weight is 444 g/mol. The number of carboxylic acid groups (broad SMARTS) is 1. The zero-order chi connectivity index (χ0) is 20.9. The van der Waals surface area contributed by atoms with Gasteiger partial charge in [-0.2, -0.15) is 0 Å². The van der Waals surface area contributed by atoms with Gasteiger partial charge in [0.25, 0.3) is 0 Å². The molecule has 2 aromatic heterocycles. The van der Waals surface area contributed by atoms with Gasteiger partial charge in [-0.25, -0.2) is 4.79 Å². The molecule has 4 rings (SSSR count). The summed E-state index contributed by atoms with van der Waals surface area (Å²) in [5.41, 5.74) is 2.24. The Kier molecular flexibility index (Phi) is 6.72. The van der Waals surface area contributed by atoms with Gasteiger partial charge in [0.1, 0.15) is 10.0 Å². The van der Waals surface area contributed by atoms with Crippen molar-refractivity contribution in [2.45, 2.75) is 38.7 Å². The topological polar surface area (TPSA) is 59.0 Å². The first-order valence-electron chi connectivity index (χ1n) is 10.2. The number of carboxylic acids is 1. The molecule has 1 unspecified atom stereocenters. The highest BCUT2D eigenvalue weighted by molar-refractivity contribution is 7.17. The normalized spacial score (nSPS) is 13.4. The zero-order valence-corrected chi connectivity index (χ0v) is 18.5. The number of benzene rings is 1. The van der Waals surface area contributed by atoms with Crippen molar-refractivity contribution in [1.29, 1.82) is 0 Å². The van der Waals surface area contributed by atoms with Gasteiger partial charge in [0.05, 0.1) is 0 Å². The molecule has 7 heteroatoms. The number of carbonyl (C=O) groups is 1. The zero-order valence-electron chi connectivity index (χ0n) is 16.9. The first kappa shape index (κ1) is 20.9. The number of aliphatic carboxylic acids is 1. The van der Waals surface area contributed by atoms with Gasteiger partial charge in [-0.05, 0) is 53.3 Å². The lowest BCUT2D eigenvalue weighted by Gasteiger charge is -2.28. The maximum absolute atomic E-state index is 11.4. The highest BCUT2D eigenvalue weighted by Gasteiger charge is 2.26. The number of nitrogens with zero attached hydrogens (tertiary/aromatic N) is 1. The summed E-state index contributed by atoms with van der Waals surface area (Å²) in [4.78, 5) is 13.7. The summed E-state index contributed by atoms with van der Waals surface area (Å²) >= 11 is 3.42. The van der Waals surface area contributed by atoms with E-state index in [0.29, 0.717) is 13.0 Å². The molecule has 0 radical (unpaired) electrons. The summed E-state index contributed by atoms with van der Waals surface area (Å²) in [6.07, 6.45) is 2.41. The summed E-state index contributed by atoms with van der Waals surface area (Å²) in [7, 11) is 0. The van der Waals surface area contributed by atoms with Crippen LogP contribution in [0.1, 0.15) is 30.9 Å². The van der Waals surface area contributed by atoms with Crippen molar-refractivity contribution in [2.75, 3.05) is 18.1 Å².